The number of aromatic nitrogens is 4. The number of nitriles is 1. The lowest BCUT2D eigenvalue weighted by molar-refractivity contribution is -0.117. The number of halogens is 3. The molecule has 2 aromatic rings. The number of nitrogens with zero attached hydrogens (tertiary/aromatic N) is 5. The van der Waals surface area contributed by atoms with Crippen molar-refractivity contribution in [2.24, 2.45) is 7.05 Å². The van der Waals surface area contributed by atoms with Gasteiger partial charge in [-0.15, -0.1) is 0 Å². The minimum Gasteiger partial charge on any atom is -0.308 e. The number of hydrogen-bond donors (Lipinski definition) is 1. The van der Waals surface area contributed by atoms with Gasteiger partial charge in [0, 0.05) is 13.0 Å². The van der Waals surface area contributed by atoms with E-state index in [2.05, 4.69) is 15.5 Å². The van der Waals surface area contributed by atoms with E-state index < -0.39 is 18.0 Å². The zero-order chi connectivity index (χ0) is 17.4. The van der Waals surface area contributed by atoms with E-state index in [9.17, 15) is 13.6 Å². The highest BCUT2D eigenvalue weighted by Crippen LogP contribution is 2.45. The third-order valence-electron chi connectivity index (χ3n) is 3.74. The van der Waals surface area contributed by atoms with Gasteiger partial charge in [-0.25, -0.2) is 8.78 Å². The fraction of sp³-hybridized carbons (Fsp3) is 0.429. The maximum absolute atomic E-state index is 13.0. The number of carbonyl (C=O) groups is 1. The highest BCUT2D eigenvalue weighted by molar-refractivity contribution is 6.32. The Kier molecular flexibility index (Phi) is 4.24. The number of anilines is 1. The summed E-state index contributed by atoms with van der Waals surface area (Å²) in [4.78, 5) is 12.2. The highest BCUT2D eigenvalue weighted by atomic mass is 35.5. The summed E-state index contributed by atoms with van der Waals surface area (Å²) >= 11 is 6.01. The Balaban J connectivity index is 1.83. The van der Waals surface area contributed by atoms with Crippen molar-refractivity contribution in [2.75, 3.05) is 5.32 Å². The monoisotopic (exact) mass is 354 g/mol. The van der Waals surface area contributed by atoms with Crippen molar-refractivity contribution in [1.82, 2.24) is 19.6 Å². The molecule has 24 heavy (non-hydrogen) atoms. The SMILES string of the molecule is Cn1ncc(C#N)c1NC(=O)Cn1nc(C(F)F)c(Cl)c1C1CC1. The van der Waals surface area contributed by atoms with Gasteiger partial charge < -0.3 is 5.32 Å². The lowest BCUT2D eigenvalue weighted by Crippen LogP contribution is -2.22. The summed E-state index contributed by atoms with van der Waals surface area (Å²) in [6, 6.07) is 1.91. The van der Waals surface area contributed by atoms with Gasteiger partial charge in [-0.05, 0) is 12.8 Å². The molecule has 2 aromatic heterocycles. The van der Waals surface area contributed by atoms with Gasteiger partial charge in [0.05, 0.1) is 16.9 Å². The molecule has 1 fully saturated rings. The molecule has 10 heteroatoms. The molecule has 1 N–H and O–H groups in total. The lowest BCUT2D eigenvalue weighted by atomic mass is 10.2. The zero-order valence-electron chi connectivity index (χ0n) is 12.6. The summed E-state index contributed by atoms with van der Waals surface area (Å²) in [6.07, 6.45) is 0.179. The number of rotatable bonds is 5. The second-order valence-corrected chi connectivity index (χ2v) is 5.89. The van der Waals surface area contributed by atoms with Crippen molar-refractivity contribution in [3.63, 3.8) is 0 Å². The van der Waals surface area contributed by atoms with E-state index in [-0.39, 0.29) is 28.9 Å². The van der Waals surface area contributed by atoms with Crippen LogP contribution in [-0.4, -0.2) is 25.5 Å². The average molecular weight is 355 g/mol. The molecule has 0 radical (unpaired) electrons. The molecule has 0 atom stereocenters. The first-order valence-corrected chi connectivity index (χ1v) is 7.56. The minimum absolute atomic E-state index is 0.0525. The van der Waals surface area contributed by atoms with Crippen molar-refractivity contribution in [2.45, 2.75) is 31.7 Å². The van der Waals surface area contributed by atoms with Gasteiger partial charge in [0.25, 0.3) is 6.43 Å². The van der Waals surface area contributed by atoms with Gasteiger partial charge in [-0.1, -0.05) is 11.6 Å². The summed E-state index contributed by atoms with van der Waals surface area (Å²) in [5.41, 5.74) is 0.164. The third-order valence-corrected chi connectivity index (χ3v) is 4.12. The van der Waals surface area contributed by atoms with E-state index in [1.54, 1.807) is 7.05 Å². The van der Waals surface area contributed by atoms with Crippen LogP contribution in [0.3, 0.4) is 0 Å². The van der Waals surface area contributed by atoms with Crippen molar-refractivity contribution >= 4 is 23.3 Å². The predicted molar refractivity (Wildman–Crippen MR) is 80.7 cm³/mol. The first kappa shape index (κ1) is 16.4. The van der Waals surface area contributed by atoms with Crippen LogP contribution in [0.1, 0.15) is 42.1 Å². The molecule has 0 spiro atoms. The van der Waals surface area contributed by atoms with Crippen LogP contribution in [0.2, 0.25) is 5.02 Å². The number of carbonyl (C=O) groups excluding carboxylic acids is 1. The topological polar surface area (TPSA) is 88.5 Å². The fourth-order valence-electron chi connectivity index (χ4n) is 2.45. The molecule has 0 bridgehead atoms. The van der Waals surface area contributed by atoms with E-state index in [1.165, 1.54) is 15.6 Å². The van der Waals surface area contributed by atoms with Crippen molar-refractivity contribution in [1.29, 1.82) is 5.26 Å². The van der Waals surface area contributed by atoms with Crippen LogP contribution >= 0.6 is 11.6 Å². The van der Waals surface area contributed by atoms with Crippen LogP contribution in [-0.2, 0) is 18.4 Å². The number of amides is 1. The third kappa shape index (κ3) is 2.97. The summed E-state index contributed by atoms with van der Waals surface area (Å²) in [5.74, 6) is -0.212. The van der Waals surface area contributed by atoms with Crippen LogP contribution in [0.4, 0.5) is 14.6 Å². The molecule has 0 saturated heterocycles. The molecular weight excluding hydrogens is 342 g/mol. The standard InChI is InChI=1S/C14H13ClF2N6O/c1-22-14(8(4-18)5-19-22)20-9(24)6-23-12(7-2-3-7)10(15)11(21-23)13(16)17/h5,7,13H,2-3,6H2,1H3,(H,20,24). The number of hydrogen-bond acceptors (Lipinski definition) is 4. The van der Waals surface area contributed by atoms with E-state index in [0.717, 1.165) is 12.8 Å². The molecule has 0 unspecified atom stereocenters. The van der Waals surface area contributed by atoms with Crippen LogP contribution in [0.25, 0.3) is 0 Å². The molecule has 1 aliphatic carbocycles. The Morgan fingerprint density at radius 2 is 2.29 bits per heavy atom. The Bertz CT molecular complexity index is 833. The Labute approximate surface area is 140 Å². The number of aryl methyl sites for hydroxylation is 1. The smallest absolute Gasteiger partial charge is 0.283 e. The van der Waals surface area contributed by atoms with Gasteiger partial charge in [0.2, 0.25) is 5.91 Å². The second kappa shape index (κ2) is 6.20. The van der Waals surface area contributed by atoms with Gasteiger partial charge >= 0.3 is 0 Å². The van der Waals surface area contributed by atoms with Crippen LogP contribution in [0, 0.1) is 11.3 Å². The van der Waals surface area contributed by atoms with Gasteiger partial charge in [0.1, 0.15) is 29.7 Å². The molecule has 2 heterocycles. The molecule has 1 aliphatic rings. The van der Waals surface area contributed by atoms with Crippen molar-refractivity contribution in [3.8, 4) is 6.07 Å². The molecule has 7 nitrogen and oxygen atoms in total. The maximum Gasteiger partial charge on any atom is 0.283 e. The first-order chi connectivity index (χ1) is 11.4. The lowest BCUT2D eigenvalue weighted by Gasteiger charge is -2.08. The maximum atomic E-state index is 13.0. The number of nitrogens with one attached hydrogen (secondary N) is 1. The molecule has 1 amide bonds. The fourth-order valence-corrected chi connectivity index (χ4v) is 2.83. The average Bonchev–Trinajstić information content (AvgIpc) is 3.22. The quantitative estimate of drug-likeness (QED) is 0.893. The van der Waals surface area contributed by atoms with E-state index in [1.807, 2.05) is 6.07 Å². The Hall–Kier alpha value is -2.47. The summed E-state index contributed by atoms with van der Waals surface area (Å²) in [6.45, 7) is -0.270. The Morgan fingerprint density at radius 3 is 2.88 bits per heavy atom. The van der Waals surface area contributed by atoms with Gasteiger partial charge in [0.15, 0.2) is 0 Å². The largest absolute Gasteiger partial charge is 0.308 e. The van der Waals surface area contributed by atoms with E-state index in [0.29, 0.717) is 5.69 Å². The van der Waals surface area contributed by atoms with Gasteiger partial charge in [-0.2, -0.15) is 15.5 Å². The molecule has 0 aliphatic heterocycles. The second-order valence-electron chi connectivity index (χ2n) is 5.51. The molecular formula is C14H13ClF2N6O. The predicted octanol–water partition coefficient (Wildman–Crippen LogP) is 2.60. The first-order valence-electron chi connectivity index (χ1n) is 7.18. The molecule has 126 valence electrons. The minimum atomic E-state index is -2.80. The van der Waals surface area contributed by atoms with Crippen LogP contribution in [0.5, 0.6) is 0 Å². The zero-order valence-corrected chi connectivity index (χ0v) is 13.4. The summed E-state index contributed by atoms with van der Waals surface area (Å²) < 4.78 is 28.5. The molecule has 1 saturated carbocycles. The molecule has 3 rings (SSSR count). The molecule has 0 aromatic carbocycles. The van der Waals surface area contributed by atoms with Gasteiger partial charge in [-0.3, -0.25) is 14.2 Å². The van der Waals surface area contributed by atoms with Crippen molar-refractivity contribution in [3.05, 3.63) is 28.2 Å². The summed E-state index contributed by atoms with van der Waals surface area (Å²) in [7, 11) is 1.58. The highest BCUT2D eigenvalue weighted by Gasteiger charge is 2.34. The normalized spacial score (nSPS) is 14.0. The Morgan fingerprint density at radius 1 is 1.58 bits per heavy atom. The van der Waals surface area contributed by atoms with Crippen molar-refractivity contribution < 1.29 is 13.6 Å². The van der Waals surface area contributed by atoms with E-state index >= 15 is 0 Å². The van der Waals surface area contributed by atoms with Crippen LogP contribution in [0.15, 0.2) is 6.20 Å². The number of alkyl halides is 2. The van der Waals surface area contributed by atoms with Crippen LogP contribution < -0.4 is 5.32 Å². The van der Waals surface area contributed by atoms with E-state index in [4.69, 9.17) is 16.9 Å². The summed E-state index contributed by atoms with van der Waals surface area (Å²) in [5, 5.41) is 19.1.